The van der Waals surface area contributed by atoms with E-state index in [9.17, 15) is 0 Å². The molecule has 0 radical (unpaired) electrons. The Kier molecular flexibility index (Phi) is 8.86. The summed E-state index contributed by atoms with van der Waals surface area (Å²) in [6, 6.07) is 4.42. The predicted octanol–water partition coefficient (Wildman–Crippen LogP) is 6.38. The molecule has 1 atom stereocenters. The van der Waals surface area contributed by atoms with Gasteiger partial charge in [-0.2, -0.15) is 0 Å². The van der Waals surface area contributed by atoms with E-state index in [0.717, 1.165) is 23.0 Å². The van der Waals surface area contributed by atoms with E-state index in [1.165, 1.54) is 42.4 Å². The van der Waals surface area contributed by atoms with E-state index in [1.807, 2.05) is 0 Å². The number of aryl methyl sites for hydroxylation is 1. The zero-order valence-corrected chi connectivity index (χ0v) is 16.0. The highest BCUT2D eigenvalue weighted by atomic mass is 79.9. The zero-order chi connectivity index (χ0) is 15.0. The smallest absolute Gasteiger partial charge is 0.123 e. The summed E-state index contributed by atoms with van der Waals surface area (Å²) >= 11 is 7.11. The van der Waals surface area contributed by atoms with Crippen molar-refractivity contribution in [3.8, 4) is 5.75 Å². The molecule has 1 aromatic rings. The molecule has 1 nitrogen and oxygen atoms in total. The van der Waals surface area contributed by atoms with Crippen molar-refractivity contribution in [2.24, 2.45) is 5.92 Å². The van der Waals surface area contributed by atoms with Crippen molar-refractivity contribution in [2.75, 3.05) is 6.61 Å². The lowest BCUT2D eigenvalue weighted by Crippen LogP contribution is -2.12. The van der Waals surface area contributed by atoms with Crippen LogP contribution in [0.25, 0.3) is 0 Å². The highest BCUT2D eigenvalue weighted by molar-refractivity contribution is 9.08. The lowest BCUT2D eigenvalue weighted by Gasteiger charge is -2.18. The Morgan fingerprint density at radius 3 is 2.35 bits per heavy atom. The normalized spacial score (nSPS) is 12.4. The largest absolute Gasteiger partial charge is 0.493 e. The minimum Gasteiger partial charge on any atom is -0.493 e. The topological polar surface area (TPSA) is 9.23 Å². The van der Waals surface area contributed by atoms with Gasteiger partial charge in [0.2, 0.25) is 0 Å². The Bertz CT molecular complexity index is 404. The maximum Gasteiger partial charge on any atom is 0.123 e. The summed E-state index contributed by atoms with van der Waals surface area (Å²) in [5.74, 6) is 1.71. The van der Waals surface area contributed by atoms with Gasteiger partial charge in [-0.3, -0.25) is 0 Å². The maximum atomic E-state index is 6.12. The molecule has 0 saturated heterocycles. The van der Waals surface area contributed by atoms with E-state index in [1.54, 1.807) is 0 Å². The Hall–Kier alpha value is -0.0200. The summed E-state index contributed by atoms with van der Waals surface area (Å²) in [7, 11) is 0. The molecule has 0 aliphatic heterocycles. The van der Waals surface area contributed by atoms with Crippen LogP contribution in [-0.4, -0.2) is 6.61 Å². The van der Waals surface area contributed by atoms with E-state index >= 15 is 0 Å². The van der Waals surface area contributed by atoms with Crippen molar-refractivity contribution in [3.63, 3.8) is 0 Å². The standard InChI is InChI=1S/C17H26Br2O/c1-4-6-7-14(5-2)12-20-17-9-15(10-18)13(3)8-16(17)11-19/h8-9,14H,4-7,10-12H2,1-3H3. The van der Waals surface area contributed by atoms with Crippen molar-refractivity contribution in [1.82, 2.24) is 0 Å². The quantitative estimate of drug-likeness (QED) is 0.433. The van der Waals surface area contributed by atoms with Crippen LogP contribution in [0.2, 0.25) is 0 Å². The minimum atomic E-state index is 0.673. The first kappa shape index (κ1) is 18.0. The number of hydrogen-bond donors (Lipinski definition) is 0. The van der Waals surface area contributed by atoms with Crippen LogP contribution in [-0.2, 0) is 10.7 Å². The number of ether oxygens (including phenoxy) is 1. The number of benzene rings is 1. The molecule has 0 N–H and O–H groups in total. The summed E-state index contributed by atoms with van der Waals surface area (Å²) in [6.45, 7) is 7.50. The number of halogens is 2. The van der Waals surface area contributed by atoms with Crippen molar-refractivity contribution >= 4 is 31.9 Å². The molecule has 3 heteroatoms. The third-order valence-corrected chi connectivity index (χ3v) is 5.03. The number of rotatable bonds is 9. The first-order valence-electron chi connectivity index (χ1n) is 7.53. The highest BCUT2D eigenvalue weighted by Gasteiger charge is 2.11. The Morgan fingerprint density at radius 1 is 1.10 bits per heavy atom. The number of hydrogen-bond acceptors (Lipinski definition) is 1. The fourth-order valence-corrected chi connectivity index (χ4v) is 3.32. The second-order valence-corrected chi connectivity index (χ2v) is 6.50. The average molecular weight is 406 g/mol. The SMILES string of the molecule is CCCCC(CC)COc1cc(CBr)c(C)cc1CBr. The van der Waals surface area contributed by atoms with Crippen LogP contribution < -0.4 is 4.74 Å². The van der Waals surface area contributed by atoms with Gasteiger partial charge in [0.05, 0.1) is 6.61 Å². The van der Waals surface area contributed by atoms with E-state index in [-0.39, 0.29) is 0 Å². The molecule has 0 spiro atoms. The van der Waals surface area contributed by atoms with Crippen LogP contribution in [0.4, 0.5) is 0 Å². The van der Waals surface area contributed by atoms with Crippen LogP contribution in [0.3, 0.4) is 0 Å². The van der Waals surface area contributed by atoms with E-state index in [2.05, 4.69) is 64.8 Å². The Balaban J connectivity index is 2.74. The molecular formula is C17H26Br2O. The lowest BCUT2D eigenvalue weighted by atomic mass is 10.0. The molecule has 0 aliphatic rings. The van der Waals surface area contributed by atoms with Crippen molar-refractivity contribution in [2.45, 2.75) is 57.1 Å². The van der Waals surface area contributed by atoms with Gasteiger partial charge < -0.3 is 4.74 Å². The molecule has 1 rings (SSSR count). The molecule has 0 heterocycles. The molecule has 0 bridgehead atoms. The van der Waals surface area contributed by atoms with Gasteiger partial charge in [0.25, 0.3) is 0 Å². The van der Waals surface area contributed by atoms with Crippen LogP contribution in [0.5, 0.6) is 5.75 Å². The van der Waals surface area contributed by atoms with Crippen molar-refractivity contribution in [1.29, 1.82) is 0 Å². The summed E-state index contributed by atoms with van der Waals surface area (Å²) in [4.78, 5) is 0. The second-order valence-electron chi connectivity index (χ2n) is 5.38. The first-order valence-corrected chi connectivity index (χ1v) is 9.77. The Labute approximate surface area is 140 Å². The summed E-state index contributed by atoms with van der Waals surface area (Å²) < 4.78 is 6.12. The third kappa shape index (κ3) is 5.40. The summed E-state index contributed by atoms with van der Waals surface area (Å²) in [5, 5.41) is 1.72. The number of alkyl halides is 2. The summed E-state index contributed by atoms with van der Waals surface area (Å²) in [6.07, 6.45) is 5.03. The van der Waals surface area contributed by atoms with Crippen LogP contribution >= 0.6 is 31.9 Å². The fourth-order valence-electron chi connectivity index (χ4n) is 2.28. The van der Waals surface area contributed by atoms with Gasteiger partial charge in [-0.1, -0.05) is 71.0 Å². The van der Waals surface area contributed by atoms with Crippen molar-refractivity contribution in [3.05, 3.63) is 28.8 Å². The minimum absolute atomic E-state index is 0.673. The van der Waals surface area contributed by atoms with Crippen LogP contribution in [0.1, 0.15) is 56.2 Å². The van der Waals surface area contributed by atoms with Gasteiger partial charge in [-0.05, 0) is 36.5 Å². The molecule has 1 aromatic carbocycles. The Morgan fingerprint density at radius 2 is 1.80 bits per heavy atom. The molecule has 0 aliphatic carbocycles. The predicted molar refractivity (Wildman–Crippen MR) is 95.2 cm³/mol. The molecule has 20 heavy (non-hydrogen) atoms. The van der Waals surface area contributed by atoms with Gasteiger partial charge >= 0.3 is 0 Å². The van der Waals surface area contributed by atoms with Gasteiger partial charge in [-0.25, -0.2) is 0 Å². The van der Waals surface area contributed by atoms with E-state index < -0.39 is 0 Å². The molecule has 0 amide bonds. The molecule has 0 saturated carbocycles. The van der Waals surface area contributed by atoms with E-state index in [0.29, 0.717) is 5.92 Å². The molecule has 0 aromatic heterocycles. The average Bonchev–Trinajstić information content (AvgIpc) is 2.48. The van der Waals surface area contributed by atoms with Gasteiger partial charge in [0, 0.05) is 16.2 Å². The first-order chi connectivity index (χ1) is 9.65. The van der Waals surface area contributed by atoms with Gasteiger partial charge in [0.15, 0.2) is 0 Å². The maximum absolute atomic E-state index is 6.12. The lowest BCUT2D eigenvalue weighted by molar-refractivity contribution is 0.232. The second kappa shape index (κ2) is 9.83. The highest BCUT2D eigenvalue weighted by Crippen LogP contribution is 2.28. The molecule has 0 fully saturated rings. The third-order valence-electron chi connectivity index (χ3n) is 3.82. The molecule has 114 valence electrons. The van der Waals surface area contributed by atoms with Crippen LogP contribution in [0, 0.1) is 12.8 Å². The molecule has 1 unspecified atom stereocenters. The van der Waals surface area contributed by atoms with Gasteiger partial charge in [-0.15, -0.1) is 0 Å². The van der Waals surface area contributed by atoms with Gasteiger partial charge in [0.1, 0.15) is 5.75 Å². The van der Waals surface area contributed by atoms with E-state index in [4.69, 9.17) is 4.74 Å². The van der Waals surface area contributed by atoms with Crippen molar-refractivity contribution < 1.29 is 4.74 Å². The summed E-state index contributed by atoms with van der Waals surface area (Å²) in [5.41, 5.74) is 3.88. The zero-order valence-electron chi connectivity index (χ0n) is 12.8. The van der Waals surface area contributed by atoms with Crippen LogP contribution in [0.15, 0.2) is 12.1 Å². The molecular weight excluding hydrogens is 380 g/mol. The fraction of sp³-hybridized carbons (Fsp3) is 0.647. The monoisotopic (exact) mass is 404 g/mol. The number of unbranched alkanes of at least 4 members (excludes halogenated alkanes) is 1.